The SMILES string of the molecule is CN=C(NCCc1ccc(NC(=O)OC(C)(C)C)cc1)NCc1ccc(F)cc1.I. The Morgan fingerprint density at radius 1 is 1.00 bits per heavy atom. The zero-order valence-electron chi connectivity index (χ0n) is 17.8. The third-order valence-corrected chi connectivity index (χ3v) is 3.90. The summed E-state index contributed by atoms with van der Waals surface area (Å²) in [6, 6.07) is 14.0. The predicted molar refractivity (Wildman–Crippen MR) is 130 cm³/mol. The van der Waals surface area contributed by atoms with Crippen LogP contribution < -0.4 is 16.0 Å². The number of benzene rings is 2. The summed E-state index contributed by atoms with van der Waals surface area (Å²) in [4.78, 5) is 16.0. The van der Waals surface area contributed by atoms with E-state index in [1.807, 2.05) is 45.0 Å². The summed E-state index contributed by atoms with van der Waals surface area (Å²) < 4.78 is 18.2. The Morgan fingerprint density at radius 2 is 1.60 bits per heavy atom. The Labute approximate surface area is 194 Å². The highest BCUT2D eigenvalue weighted by Gasteiger charge is 2.16. The van der Waals surface area contributed by atoms with Crippen molar-refractivity contribution in [2.24, 2.45) is 4.99 Å². The van der Waals surface area contributed by atoms with E-state index in [9.17, 15) is 9.18 Å². The molecule has 0 aromatic heterocycles. The van der Waals surface area contributed by atoms with Gasteiger partial charge in [0.2, 0.25) is 0 Å². The number of carbonyl (C=O) groups is 1. The molecule has 0 saturated heterocycles. The molecule has 164 valence electrons. The van der Waals surface area contributed by atoms with E-state index < -0.39 is 11.7 Å². The fraction of sp³-hybridized carbons (Fsp3) is 0.364. The van der Waals surface area contributed by atoms with Crippen molar-refractivity contribution in [3.63, 3.8) is 0 Å². The maximum Gasteiger partial charge on any atom is 0.412 e. The van der Waals surface area contributed by atoms with E-state index >= 15 is 0 Å². The molecule has 0 heterocycles. The van der Waals surface area contributed by atoms with Crippen LogP contribution in [0, 0.1) is 5.82 Å². The van der Waals surface area contributed by atoms with Crippen molar-refractivity contribution in [1.82, 2.24) is 10.6 Å². The maximum atomic E-state index is 12.9. The van der Waals surface area contributed by atoms with Gasteiger partial charge >= 0.3 is 6.09 Å². The van der Waals surface area contributed by atoms with Gasteiger partial charge < -0.3 is 15.4 Å². The summed E-state index contributed by atoms with van der Waals surface area (Å²) in [5, 5.41) is 9.16. The van der Waals surface area contributed by atoms with Gasteiger partial charge in [0.15, 0.2) is 5.96 Å². The van der Waals surface area contributed by atoms with Gasteiger partial charge in [-0.15, -0.1) is 24.0 Å². The molecule has 0 atom stereocenters. The van der Waals surface area contributed by atoms with E-state index in [1.165, 1.54) is 12.1 Å². The Hall–Kier alpha value is -2.36. The average Bonchev–Trinajstić information content (AvgIpc) is 2.65. The third kappa shape index (κ3) is 9.91. The molecule has 0 unspecified atom stereocenters. The first-order valence-electron chi connectivity index (χ1n) is 9.53. The molecule has 0 aliphatic heterocycles. The van der Waals surface area contributed by atoms with Crippen LogP contribution >= 0.6 is 24.0 Å². The minimum absolute atomic E-state index is 0. The fourth-order valence-electron chi connectivity index (χ4n) is 2.51. The molecule has 1 amide bonds. The normalized spacial score (nSPS) is 11.3. The number of aliphatic imine (C=N–C) groups is 1. The summed E-state index contributed by atoms with van der Waals surface area (Å²) >= 11 is 0. The van der Waals surface area contributed by atoms with Crippen molar-refractivity contribution in [2.45, 2.75) is 39.3 Å². The smallest absolute Gasteiger partial charge is 0.412 e. The van der Waals surface area contributed by atoms with Crippen LogP contribution in [-0.2, 0) is 17.7 Å². The molecule has 2 rings (SSSR count). The molecule has 0 aliphatic rings. The second-order valence-corrected chi connectivity index (χ2v) is 7.55. The fourth-order valence-corrected chi connectivity index (χ4v) is 2.51. The zero-order valence-corrected chi connectivity index (χ0v) is 20.1. The number of halogens is 2. The van der Waals surface area contributed by atoms with Gasteiger partial charge in [-0.05, 0) is 62.6 Å². The lowest BCUT2D eigenvalue weighted by Crippen LogP contribution is -2.37. The van der Waals surface area contributed by atoms with Gasteiger partial charge in [-0.25, -0.2) is 9.18 Å². The second kappa shape index (κ2) is 12.4. The highest BCUT2D eigenvalue weighted by Crippen LogP contribution is 2.13. The van der Waals surface area contributed by atoms with Crippen LogP contribution in [0.15, 0.2) is 53.5 Å². The van der Waals surface area contributed by atoms with Crippen molar-refractivity contribution < 1.29 is 13.9 Å². The van der Waals surface area contributed by atoms with Gasteiger partial charge in [0, 0.05) is 25.8 Å². The summed E-state index contributed by atoms with van der Waals surface area (Å²) in [6.45, 7) is 6.73. The number of anilines is 1. The number of carbonyl (C=O) groups excluding carboxylic acids is 1. The maximum absolute atomic E-state index is 12.9. The lowest BCUT2D eigenvalue weighted by molar-refractivity contribution is 0.0636. The molecule has 8 heteroatoms. The number of hydrogen-bond donors (Lipinski definition) is 3. The zero-order chi connectivity index (χ0) is 21.3. The van der Waals surface area contributed by atoms with Crippen LogP contribution in [0.25, 0.3) is 0 Å². The van der Waals surface area contributed by atoms with E-state index in [0.29, 0.717) is 24.7 Å². The number of guanidine groups is 1. The Balaban J connectivity index is 0.00000450. The van der Waals surface area contributed by atoms with E-state index in [1.54, 1.807) is 19.2 Å². The second-order valence-electron chi connectivity index (χ2n) is 7.55. The van der Waals surface area contributed by atoms with E-state index in [0.717, 1.165) is 17.5 Å². The van der Waals surface area contributed by atoms with Crippen LogP contribution in [0.1, 0.15) is 31.9 Å². The van der Waals surface area contributed by atoms with Crippen molar-refractivity contribution in [2.75, 3.05) is 18.9 Å². The first kappa shape index (κ1) is 25.7. The Bertz CT molecular complexity index is 819. The minimum atomic E-state index is -0.529. The average molecular weight is 528 g/mol. The summed E-state index contributed by atoms with van der Waals surface area (Å²) in [5.41, 5.74) is 2.26. The van der Waals surface area contributed by atoms with E-state index in [2.05, 4.69) is 20.9 Å². The monoisotopic (exact) mass is 528 g/mol. The molecule has 0 saturated carbocycles. The standard InChI is InChI=1S/C22H29FN4O2.HI/c1-22(2,3)29-21(28)27-19-11-7-16(8-12-19)13-14-25-20(24-4)26-15-17-5-9-18(23)10-6-17;/h5-12H,13-15H2,1-4H3,(H,27,28)(H2,24,25,26);1H. The summed E-state index contributed by atoms with van der Waals surface area (Å²) in [6.07, 6.45) is 0.326. The molecule has 6 nitrogen and oxygen atoms in total. The highest BCUT2D eigenvalue weighted by atomic mass is 127. The predicted octanol–water partition coefficient (Wildman–Crippen LogP) is 4.70. The Kier molecular flexibility index (Phi) is 10.6. The highest BCUT2D eigenvalue weighted by molar-refractivity contribution is 14.0. The molecule has 0 aliphatic carbocycles. The number of hydrogen-bond acceptors (Lipinski definition) is 3. The van der Waals surface area contributed by atoms with Crippen molar-refractivity contribution in [3.05, 3.63) is 65.5 Å². The van der Waals surface area contributed by atoms with Crippen molar-refractivity contribution in [1.29, 1.82) is 0 Å². The largest absolute Gasteiger partial charge is 0.444 e. The van der Waals surface area contributed by atoms with Crippen LogP contribution in [0.3, 0.4) is 0 Å². The number of nitrogens with zero attached hydrogens (tertiary/aromatic N) is 1. The number of amides is 1. The van der Waals surface area contributed by atoms with Crippen molar-refractivity contribution >= 4 is 41.7 Å². The van der Waals surface area contributed by atoms with Crippen LogP contribution in [0.2, 0.25) is 0 Å². The first-order valence-corrected chi connectivity index (χ1v) is 9.53. The van der Waals surface area contributed by atoms with Gasteiger partial charge in [0.1, 0.15) is 11.4 Å². The quantitative estimate of drug-likeness (QED) is 0.289. The van der Waals surface area contributed by atoms with Gasteiger partial charge in [-0.1, -0.05) is 24.3 Å². The van der Waals surface area contributed by atoms with Gasteiger partial charge in [-0.3, -0.25) is 10.3 Å². The molecule has 0 bridgehead atoms. The molecule has 0 fully saturated rings. The molecular formula is C22H30FIN4O2. The topological polar surface area (TPSA) is 74.8 Å². The van der Waals surface area contributed by atoms with E-state index in [-0.39, 0.29) is 29.8 Å². The molecule has 2 aromatic rings. The number of rotatable bonds is 6. The van der Waals surface area contributed by atoms with Crippen LogP contribution in [0.5, 0.6) is 0 Å². The molecule has 0 radical (unpaired) electrons. The van der Waals surface area contributed by atoms with Gasteiger partial charge in [0.25, 0.3) is 0 Å². The van der Waals surface area contributed by atoms with Crippen molar-refractivity contribution in [3.8, 4) is 0 Å². The molecule has 2 aromatic carbocycles. The summed E-state index contributed by atoms with van der Waals surface area (Å²) in [5.74, 6) is 0.432. The molecule has 3 N–H and O–H groups in total. The number of ether oxygens (including phenoxy) is 1. The van der Waals surface area contributed by atoms with Crippen LogP contribution in [0.4, 0.5) is 14.9 Å². The molecular weight excluding hydrogens is 498 g/mol. The molecule has 0 spiro atoms. The van der Waals surface area contributed by atoms with E-state index in [4.69, 9.17) is 4.74 Å². The van der Waals surface area contributed by atoms with Gasteiger partial charge in [-0.2, -0.15) is 0 Å². The lowest BCUT2D eigenvalue weighted by Gasteiger charge is -2.19. The van der Waals surface area contributed by atoms with Crippen LogP contribution in [-0.4, -0.2) is 31.2 Å². The number of nitrogens with one attached hydrogen (secondary N) is 3. The Morgan fingerprint density at radius 3 is 2.17 bits per heavy atom. The van der Waals surface area contributed by atoms with Gasteiger partial charge in [0.05, 0.1) is 0 Å². The minimum Gasteiger partial charge on any atom is -0.444 e. The first-order chi connectivity index (χ1) is 13.7. The summed E-state index contributed by atoms with van der Waals surface area (Å²) in [7, 11) is 1.71. The molecule has 30 heavy (non-hydrogen) atoms. The third-order valence-electron chi connectivity index (χ3n) is 3.90. The lowest BCUT2D eigenvalue weighted by atomic mass is 10.1.